The molecular formula is C52H35N3O. The van der Waals surface area contributed by atoms with Crippen molar-refractivity contribution in [3.05, 3.63) is 235 Å². The first-order valence-corrected chi connectivity index (χ1v) is 18.9. The molecule has 1 aliphatic heterocycles. The molecule has 0 spiro atoms. The fourth-order valence-corrected chi connectivity index (χ4v) is 8.12. The van der Waals surface area contributed by atoms with Gasteiger partial charge in [0, 0.05) is 27.8 Å². The van der Waals surface area contributed by atoms with Crippen LogP contribution in [0.1, 0.15) is 22.3 Å². The molecule has 2 heterocycles. The highest BCUT2D eigenvalue weighted by Gasteiger charge is 2.46. The minimum Gasteiger partial charge on any atom is -0.457 e. The maximum Gasteiger partial charge on any atom is 0.164 e. The molecule has 264 valence electrons. The van der Waals surface area contributed by atoms with Gasteiger partial charge < -0.3 is 4.74 Å². The third kappa shape index (κ3) is 5.76. The number of fused-ring (bicyclic) bond motifs is 2. The lowest BCUT2D eigenvalue weighted by molar-refractivity contribution is 0.434. The number of benzene rings is 8. The third-order valence-electron chi connectivity index (χ3n) is 10.7. The van der Waals surface area contributed by atoms with Crippen molar-refractivity contribution in [1.29, 1.82) is 0 Å². The normalized spacial score (nSPS) is 12.6. The number of hydrogen-bond donors (Lipinski definition) is 0. The summed E-state index contributed by atoms with van der Waals surface area (Å²) in [6.07, 6.45) is 0. The molecule has 1 aromatic heterocycles. The summed E-state index contributed by atoms with van der Waals surface area (Å²) in [6, 6.07) is 73.9. The van der Waals surface area contributed by atoms with Crippen LogP contribution < -0.4 is 4.74 Å². The summed E-state index contributed by atoms with van der Waals surface area (Å²) in [5.74, 6) is 3.56. The van der Waals surface area contributed by atoms with Gasteiger partial charge in [-0.3, -0.25) is 0 Å². The van der Waals surface area contributed by atoms with Gasteiger partial charge in [0.2, 0.25) is 0 Å². The summed E-state index contributed by atoms with van der Waals surface area (Å²) < 4.78 is 6.60. The van der Waals surface area contributed by atoms with E-state index < -0.39 is 5.41 Å². The topological polar surface area (TPSA) is 47.9 Å². The third-order valence-corrected chi connectivity index (χ3v) is 10.7. The largest absolute Gasteiger partial charge is 0.457 e. The lowest BCUT2D eigenvalue weighted by Crippen LogP contribution is -2.34. The Morgan fingerprint density at radius 1 is 0.304 bits per heavy atom. The van der Waals surface area contributed by atoms with Gasteiger partial charge in [-0.25, -0.2) is 15.0 Å². The number of rotatable bonds is 7. The predicted octanol–water partition coefficient (Wildman–Crippen LogP) is 12.7. The van der Waals surface area contributed by atoms with Crippen LogP contribution in [0.3, 0.4) is 0 Å². The van der Waals surface area contributed by atoms with E-state index in [-0.39, 0.29) is 0 Å². The van der Waals surface area contributed by atoms with Crippen molar-refractivity contribution in [2.24, 2.45) is 0 Å². The molecule has 0 amide bonds. The van der Waals surface area contributed by atoms with Crippen LogP contribution >= 0.6 is 0 Å². The molecule has 56 heavy (non-hydrogen) atoms. The second kappa shape index (κ2) is 14.1. The lowest BCUT2D eigenvalue weighted by atomic mass is 9.62. The Bertz CT molecular complexity index is 2770. The molecule has 0 N–H and O–H groups in total. The van der Waals surface area contributed by atoms with Crippen LogP contribution in [0.25, 0.3) is 56.4 Å². The average molecular weight is 718 g/mol. The number of aromatic nitrogens is 3. The van der Waals surface area contributed by atoms with E-state index in [0.717, 1.165) is 61.6 Å². The van der Waals surface area contributed by atoms with E-state index in [9.17, 15) is 0 Å². The van der Waals surface area contributed by atoms with Gasteiger partial charge in [0.1, 0.15) is 11.5 Å². The summed E-state index contributed by atoms with van der Waals surface area (Å²) in [5, 5.41) is 0. The van der Waals surface area contributed by atoms with E-state index >= 15 is 0 Å². The molecule has 10 rings (SSSR count). The van der Waals surface area contributed by atoms with Gasteiger partial charge in [-0.15, -0.1) is 0 Å². The Morgan fingerprint density at radius 3 is 1.34 bits per heavy atom. The van der Waals surface area contributed by atoms with E-state index in [0.29, 0.717) is 17.5 Å². The van der Waals surface area contributed by atoms with Crippen molar-refractivity contribution < 1.29 is 4.74 Å². The fraction of sp³-hybridized carbons (Fsp3) is 0.0192. The number of hydrogen-bond acceptors (Lipinski definition) is 4. The zero-order valence-corrected chi connectivity index (χ0v) is 30.5. The molecule has 9 aromatic rings. The lowest BCUT2D eigenvalue weighted by Gasteiger charge is -2.42. The van der Waals surface area contributed by atoms with Gasteiger partial charge in [0.25, 0.3) is 0 Å². The first kappa shape index (κ1) is 33.2. The second-order valence-corrected chi connectivity index (χ2v) is 14.0. The average Bonchev–Trinajstić information content (AvgIpc) is 3.29. The molecule has 1 aliphatic rings. The Kier molecular flexibility index (Phi) is 8.34. The van der Waals surface area contributed by atoms with Crippen LogP contribution in [-0.4, -0.2) is 15.0 Å². The monoisotopic (exact) mass is 717 g/mol. The van der Waals surface area contributed by atoms with Crippen molar-refractivity contribution in [2.45, 2.75) is 5.41 Å². The van der Waals surface area contributed by atoms with E-state index in [1.165, 1.54) is 11.1 Å². The van der Waals surface area contributed by atoms with Crippen LogP contribution in [0, 0.1) is 0 Å². The minimum absolute atomic E-state index is 0.611. The Labute approximate surface area is 326 Å². The van der Waals surface area contributed by atoms with Gasteiger partial charge in [-0.1, -0.05) is 194 Å². The second-order valence-electron chi connectivity index (χ2n) is 14.0. The highest BCUT2D eigenvalue weighted by atomic mass is 16.5. The van der Waals surface area contributed by atoms with Crippen LogP contribution in [0.5, 0.6) is 11.5 Å². The van der Waals surface area contributed by atoms with Gasteiger partial charge in [0.05, 0.1) is 5.41 Å². The highest BCUT2D eigenvalue weighted by molar-refractivity contribution is 5.80. The molecule has 4 nitrogen and oxygen atoms in total. The highest BCUT2D eigenvalue weighted by Crippen LogP contribution is 2.56. The van der Waals surface area contributed by atoms with E-state index in [4.69, 9.17) is 19.7 Å². The first-order chi connectivity index (χ1) is 27.8. The number of ether oxygens (including phenoxy) is 1. The molecule has 0 saturated carbocycles. The van der Waals surface area contributed by atoms with Gasteiger partial charge in [-0.05, 0) is 51.6 Å². The van der Waals surface area contributed by atoms with E-state index in [1.54, 1.807) is 0 Å². The summed E-state index contributed by atoms with van der Waals surface area (Å²) in [5.41, 5.74) is 11.1. The SMILES string of the molecule is c1ccc(-c2ccc(-c3nc(-c4ccccc4)nc(-c4cccc(-c5ccccc5C5(c6ccccc6)c6ccccc6Oc6ccccc65)c4)n3)cc2)cc1. The molecule has 4 heteroatoms. The van der Waals surface area contributed by atoms with Crippen LogP contribution in [0.4, 0.5) is 0 Å². The summed E-state index contributed by atoms with van der Waals surface area (Å²) in [6.45, 7) is 0. The van der Waals surface area contributed by atoms with E-state index in [1.807, 2.05) is 48.5 Å². The zero-order chi connectivity index (χ0) is 37.3. The Hall–Kier alpha value is -7.43. The first-order valence-electron chi connectivity index (χ1n) is 18.9. The fourth-order valence-electron chi connectivity index (χ4n) is 8.12. The van der Waals surface area contributed by atoms with Gasteiger partial charge in [-0.2, -0.15) is 0 Å². The molecule has 0 fully saturated rings. The Morgan fingerprint density at radius 2 is 0.714 bits per heavy atom. The standard InChI is InChI=1S/C52H35N3O/c1-4-17-36(18-5-1)37-31-33-39(34-32-37)50-53-49(38-19-6-2-7-20-38)54-51(55-50)41-22-16-21-40(35-41)43-25-10-11-26-44(43)52(42-23-8-3-9-24-42)45-27-12-14-29-47(45)56-48-30-15-13-28-46(48)52/h1-35H. The molecule has 0 saturated heterocycles. The summed E-state index contributed by atoms with van der Waals surface area (Å²) >= 11 is 0. The van der Waals surface area contributed by atoms with Crippen LogP contribution in [-0.2, 0) is 5.41 Å². The van der Waals surface area contributed by atoms with E-state index in [2.05, 4.69) is 164 Å². The number of para-hydroxylation sites is 2. The number of nitrogens with zero attached hydrogens (tertiary/aromatic N) is 3. The van der Waals surface area contributed by atoms with Crippen molar-refractivity contribution in [3.63, 3.8) is 0 Å². The zero-order valence-electron chi connectivity index (χ0n) is 30.5. The van der Waals surface area contributed by atoms with Crippen molar-refractivity contribution in [2.75, 3.05) is 0 Å². The van der Waals surface area contributed by atoms with Crippen molar-refractivity contribution >= 4 is 0 Å². The van der Waals surface area contributed by atoms with Crippen molar-refractivity contribution in [3.8, 4) is 67.9 Å². The smallest absolute Gasteiger partial charge is 0.164 e. The molecular weight excluding hydrogens is 683 g/mol. The summed E-state index contributed by atoms with van der Waals surface area (Å²) in [4.78, 5) is 15.2. The molecule has 0 aliphatic carbocycles. The van der Waals surface area contributed by atoms with Crippen molar-refractivity contribution in [1.82, 2.24) is 15.0 Å². The quantitative estimate of drug-likeness (QED) is 0.165. The molecule has 0 bridgehead atoms. The molecule has 0 atom stereocenters. The maximum atomic E-state index is 6.60. The summed E-state index contributed by atoms with van der Waals surface area (Å²) in [7, 11) is 0. The molecule has 0 unspecified atom stereocenters. The molecule has 8 aromatic carbocycles. The van der Waals surface area contributed by atoms with Gasteiger partial charge in [0.15, 0.2) is 17.5 Å². The molecule has 0 radical (unpaired) electrons. The van der Waals surface area contributed by atoms with Crippen LogP contribution in [0.15, 0.2) is 212 Å². The Balaban J connectivity index is 1.15. The van der Waals surface area contributed by atoms with Crippen LogP contribution in [0.2, 0.25) is 0 Å². The predicted molar refractivity (Wildman–Crippen MR) is 225 cm³/mol. The van der Waals surface area contributed by atoms with Gasteiger partial charge >= 0.3 is 0 Å². The minimum atomic E-state index is -0.661. The maximum absolute atomic E-state index is 6.60.